The van der Waals surface area contributed by atoms with Crippen LogP contribution in [0.15, 0.2) is 49.3 Å². The molecule has 0 spiro atoms. The highest BCUT2D eigenvalue weighted by Crippen LogP contribution is 2.34. The molecular formula is C20H15Cl2FN4O. The van der Waals surface area contributed by atoms with Crippen LogP contribution in [0.3, 0.4) is 0 Å². The number of carbonyl (C=O) groups is 1. The highest BCUT2D eigenvalue weighted by molar-refractivity contribution is 6.42. The number of anilines is 2. The monoisotopic (exact) mass is 416 g/mol. The smallest absolute Gasteiger partial charge is 0.245 e. The molecule has 1 aliphatic rings. The molecule has 28 heavy (non-hydrogen) atoms. The summed E-state index contributed by atoms with van der Waals surface area (Å²) in [5.74, 6) is -0.0296. The van der Waals surface area contributed by atoms with Gasteiger partial charge in [0.1, 0.15) is 12.1 Å². The normalized spacial score (nSPS) is 14.0. The van der Waals surface area contributed by atoms with E-state index in [1.807, 2.05) is 18.2 Å². The molecule has 2 aromatic carbocycles. The molecule has 1 saturated heterocycles. The van der Waals surface area contributed by atoms with Crippen LogP contribution < -0.4 is 5.32 Å². The quantitative estimate of drug-likeness (QED) is 0.483. The molecule has 8 heteroatoms. The summed E-state index contributed by atoms with van der Waals surface area (Å²) in [6.45, 7) is 4.77. The zero-order chi connectivity index (χ0) is 19.8. The molecule has 0 aliphatic carbocycles. The molecule has 5 nitrogen and oxygen atoms in total. The van der Waals surface area contributed by atoms with Crippen LogP contribution in [0.25, 0.3) is 10.9 Å². The Kier molecular flexibility index (Phi) is 4.91. The van der Waals surface area contributed by atoms with Crippen LogP contribution >= 0.6 is 23.2 Å². The van der Waals surface area contributed by atoms with Crippen molar-refractivity contribution in [3.63, 3.8) is 0 Å². The minimum absolute atomic E-state index is 0.0715. The Labute approximate surface area is 170 Å². The summed E-state index contributed by atoms with van der Waals surface area (Å²) in [5, 5.41) is 3.72. The van der Waals surface area contributed by atoms with Crippen LogP contribution in [0.5, 0.6) is 0 Å². The first-order valence-electron chi connectivity index (χ1n) is 8.54. The minimum Gasteiger partial charge on any atom is -0.338 e. The third-order valence-corrected chi connectivity index (χ3v) is 5.57. The molecule has 0 unspecified atom stereocenters. The first-order chi connectivity index (χ1) is 13.5. The highest BCUT2D eigenvalue weighted by Gasteiger charge is 2.30. The number of nitrogens with one attached hydrogen (secondary N) is 1. The Morgan fingerprint density at radius 2 is 2.04 bits per heavy atom. The van der Waals surface area contributed by atoms with Gasteiger partial charge in [0.2, 0.25) is 5.91 Å². The van der Waals surface area contributed by atoms with Gasteiger partial charge in [0.25, 0.3) is 0 Å². The number of hydrogen-bond acceptors (Lipinski definition) is 4. The largest absolute Gasteiger partial charge is 0.338 e. The predicted octanol–water partition coefficient (Wildman–Crippen LogP) is 4.93. The zero-order valence-corrected chi connectivity index (χ0v) is 16.1. The highest BCUT2D eigenvalue weighted by atomic mass is 35.5. The van der Waals surface area contributed by atoms with Crippen molar-refractivity contribution in [2.75, 3.05) is 18.4 Å². The first kappa shape index (κ1) is 18.7. The number of amides is 1. The van der Waals surface area contributed by atoms with Crippen LogP contribution in [0.2, 0.25) is 10.0 Å². The van der Waals surface area contributed by atoms with Crippen molar-refractivity contribution in [2.24, 2.45) is 0 Å². The summed E-state index contributed by atoms with van der Waals surface area (Å²) in [6.07, 6.45) is 2.73. The maximum absolute atomic E-state index is 14.4. The third kappa shape index (κ3) is 3.30. The summed E-state index contributed by atoms with van der Waals surface area (Å²) in [4.78, 5) is 21.9. The van der Waals surface area contributed by atoms with Crippen molar-refractivity contribution in [1.82, 2.24) is 14.9 Å². The lowest BCUT2D eigenvalue weighted by molar-refractivity contribution is -0.130. The first-order valence-corrected chi connectivity index (χ1v) is 9.30. The van der Waals surface area contributed by atoms with Crippen LogP contribution in [-0.4, -0.2) is 33.9 Å². The predicted molar refractivity (Wildman–Crippen MR) is 109 cm³/mol. The van der Waals surface area contributed by atoms with Crippen molar-refractivity contribution >= 4 is 51.5 Å². The molecule has 1 aromatic heterocycles. The Morgan fingerprint density at radius 3 is 2.79 bits per heavy atom. The molecule has 0 atom stereocenters. The van der Waals surface area contributed by atoms with Crippen molar-refractivity contribution < 1.29 is 9.18 Å². The number of fused-ring (bicyclic) bond motifs is 1. The second-order valence-electron chi connectivity index (χ2n) is 6.49. The molecule has 4 rings (SSSR count). The molecule has 2 heterocycles. The molecule has 1 aliphatic heterocycles. The van der Waals surface area contributed by atoms with E-state index in [9.17, 15) is 9.18 Å². The number of halogens is 3. The van der Waals surface area contributed by atoms with E-state index in [1.54, 1.807) is 4.90 Å². The Hall–Kier alpha value is -2.70. The van der Waals surface area contributed by atoms with Gasteiger partial charge in [-0.25, -0.2) is 14.4 Å². The van der Waals surface area contributed by atoms with Crippen molar-refractivity contribution in [3.05, 3.63) is 70.7 Å². The van der Waals surface area contributed by atoms with E-state index >= 15 is 0 Å². The molecule has 0 bridgehead atoms. The van der Waals surface area contributed by atoms with E-state index in [-0.39, 0.29) is 27.6 Å². The molecule has 1 fully saturated rings. The second kappa shape index (κ2) is 7.37. The topological polar surface area (TPSA) is 58.1 Å². The maximum atomic E-state index is 14.4. The summed E-state index contributed by atoms with van der Waals surface area (Å²) in [5.41, 5.74) is 1.96. The van der Waals surface area contributed by atoms with Gasteiger partial charge in [-0.2, -0.15) is 0 Å². The van der Waals surface area contributed by atoms with Gasteiger partial charge in [-0.05, 0) is 35.9 Å². The fraction of sp³-hybridized carbons (Fsp3) is 0.150. The van der Waals surface area contributed by atoms with Gasteiger partial charge in [0.05, 0.1) is 21.2 Å². The summed E-state index contributed by atoms with van der Waals surface area (Å²) in [6, 6.07) is 8.86. The molecule has 3 aromatic rings. The van der Waals surface area contributed by atoms with E-state index in [0.717, 1.165) is 16.5 Å². The van der Waals surface area contributed by atoms with Crippen LogP contribution in [0.4, 0.5) is 15.9 Å². The summed E-state index contributed by atoms with van der Waals surface area (Å²) >= 11 is 11.7. The Bertz CT molecular complexity index is 1100. The Balaban J connectivity index is 1.66. The van der Waals surface area contributed by atoms with E-state index in [0.29, 0.717) is 18.9 Å². The fourth-order valence-corrected chi connectivity index (χ4v) is 3.49. The zero-order valence-electron chi connectivity index (χ0n) is 14.6. The maximum Gasteiger partial charge on any atom is 0.245 e. The summed E-state index contributed by atoms with van der Waals surface area (Å²) in [7, 11) is 0. The Morgan fingerprint density at radius 1 is 1.25 bits per heavy atom. The fourth-order valence-electron chi connectivity index (χ4n) is 3.18. The third-order valence-electron chi connectivity index (χ3n) is 4.79. The van der Waals surface area contributed by atoms with Gasteiger partial charge in [-0.3, -0.25) is 4.79 Å². The molecule has 0 radical (unpaired) electrons. The number of benzene rings is 2. The molecular weight excluding hydrogens is 402 g/mol. The van der Waals surface area contributed by atoms with E-state index in [1.165, 1.54) is 24.5 Å². The lowest BCUT2D eigenvalue weighted by Gasteiger charge is -2.39. The molecule has 142 valence electrons. The number of likely N-dealkylation sites (tertiary alicyclic amines) is 1. The lowest BCUT2D eigenvalue weighted by atomic mass is 9.90. The van der Waals surface area contributed by atoms with Gasteiger partial charge in [-0.1, -0.05) is 35.8 Å². The lowest BCUT2D eigenvalue weighted by Crippen LogP contribution is -2.47. The van der Waals surface area contributed by atoms with E-state index < -0.39 is 5.82 Å². The number of rotatable bonds is 4. The summed E-state index contributed by atoms with van der Waals surface area (Å²) < 4.78 is 14.4. The number of nitrogens with zero attached hydrogens (tertiary/aromatic N) is 3. The van der Waals surface area contributed by atoms with Gasteiger partial charge < -0.3 is 10.2 Å². The van der Waals surface area contributed by atoms with Crippen LogP contribution in [0, 0.1) is 5.82 Å². The van der Waals surface area contributed by atoms with Gasteiger partial charge in [0.15, 0.2) is 5.82 Å². The molecule has 1 N–H and O–H groups in total. The molecule has 1 amide bonds. The van der Waals surface area contributed by atoms with E-state index in [4.69, 9.17) is 23.2 Å². The van der Waals surface area contributed by atoms with Crippen molar-refractivity contribution in [2.45, 2.75) is 5.92 Å². The minimum atomic E-state index is -0.644. The van der Waals surface area contributed by atoms with Crippen molar-refractivity contribution in [1.29, 1.82) is 0 Å². The average molecular weight is 417 g/mol. The second-order valence-corrected chi connectivity index (χ2v) is 7.28. The van der Waals surface area contributed by atoms with Crippen LogP contribution in [-0.2, 0) is 4.79 Å². The standard InChI is InChI=1S/C20H15Cl2FN4O/c1-2-17(28)27-8-12(9-27)11-3-5-15-13(7-11)20(25-10-24-15)26-16-6-4-14(21)18(22)19(16)23/h2-7,10,12H,1,8-9H2,(H,24,25,26). The molecule has 0 saturated carbocycles. The van der Waals surface area contributed by atoms with E-state index in [2.05, 4.69) is 21.9 Å². The van der Waals surface area contributed by atoms with Gasteiger partial charge in [-0.15, -0.1) is 0 Å². The van der Waals surface area contributed by atoms with Gasteiger partial charge >= 0.3 is 0 Å². The number of carbonyl (C=O) groups excluding carboxylic acids is 1. The van der Waals surface area contributed by atoms with Crippen LogP contribution in [0.1, 0.15) is 11.5 Å². The number of aromatic nitrogens is 2. The van der Waals surface area contributed by atoms with Crippen molar-refractivity contribution in [3.8, 4) is 0 Å². The average Bonchev–Trinajstić information content (AvgIpc) is 2.67. The SMILES string of the molecule is C=CC(=O)N1CC(c2ccc3ncnc(Nc4ccc(Cl)c(Cl)c4F)c3c2)C1. The van der Waals surface area contributed by atoms with Gasteiger partial charge in [0, 0.05) is 24.4 Å². The number of hydrogen-bond donors (Lipinski definition) is 1.